The van der Waals surface area contributed by atoms with Gasteiger partial charge in [0.25, 0.3) is 0 Å². The average molecular weight is 327 g/mol. The van der Waals surface area contributed by atoms with Crippen LogP contribution in [0.3, 0.4) is 0 Å². The third-order valence-corrected chi connectivity index (χ3v) is 3.89. The fourth-order valence-corrected chi connectivity index (χ4v) is 3.04. The Hall–Kier alpha value is -0.910. The molecule has 104 valence electrons. The monoisotopic (exact) mass is 326 g/mol. The molecule has 0 spiro atoms. The van der Waals surface area contributed by atoms with Crippen LogP contribution < -0.4 is 4.90 Å². The van der Waals surface area contributed by atoms with Crippen molar-refractivity contribution in [3.63, 3.8) is 0 Å². The van der Waals surface area contributed by atoms with Crippen molar-refractivity contribution in [2.75, 3.05) is 32.1 Å². The Balaban J connectivity index is 2.30. The van der Waals surface area contributed by atoms with E-state index >= 15 is 0 Å². The molecule has 0 saturated carbocycles. The summed E-state index contributed by atoms with van der Waals surface area (Å²) in [6.07, 6.45) is 1.29. The van der Waals surface area contributed by atoms with Gasteiger partial charge in [0, 0.05) is 34.9 Å². The lowest BCUT2D eigenvalue weighted by Gasteiger charge is -2.29. The largest absolute Gasteiger partial charge is 0.391 e. The normalized spacial score (nSPS) is 23.1. The summed E-state index contributed by atoms with van der Waals surface area (Å²) in [5.74, 6) is 0. The van der Waals surface area contributed by atoms with Gasteiger partial charge < -0.3 is 14.9 Å². The first-order valence-electron chi connectivity index (χ1n) is 6.35. The maximum absolute atomic E-state index is 11.2. The van der Waals surface area contributed by atoms with Crippen molar-refractivity contribution < 1.29 is 9.90 Å². The molecule has 0 aliphatic carbocycles. The van der Waals surface area contributed by atoms with E-state index in [0.29, 0.717) is 12.1 Å². The van der Waals surface area contributed by atoms with Gasteiger partial charge in [0.15, 0.2) is 6.29 Å². The predicted octanol–water partition coefficient (Wildman–Crippen LogP) is 1.76. The lowest BCUT2D eigenvalue weighted by molar-refractivity contribution is 0.112. The predicted molar refractivity (Wildman–Crippen MR) is 79.8 cm³/mol. The molecule has 0 aromatic heterocycles. The number of carbonyl (C=O) groups is 1. The van der Waals surface area contributed by atoms with E-state index < -0.39 is 0 Å². The van der Waals surface area contributed by atoms with Gasteiger partial charge in [-0.05, 0) is 38.7 Å². The van der Waals surface area contributed by atoms with E-state index in [4.69, 9.17) is 0 Å². The summed E-state index contributed by atoms with van der Waals surface area (Å²) in [5.41, 5.74) is 1.56. The van der Waals surface area contributed by atoms with Gasteiger partial charge >= 0.3 is 0 Å². The van der Waals surface area contributed by atoms with Gasteiger partial charge in [-0.1, -0.05) is 15.9 Å². The average Bonchev–Trinajstić information content (AvgIpc) is 2.69. The first kappa shape index (κ1) is 14.5. The smallest absolute Gasteiger partial charge is 0.152 e. The lowest BCUT2D eigenvalue weighted by atomic mass is 10.1. The second-order valence-electron chi connectivity index (χ2n) is 5.28. The van der Waals surface area contributed by atoms with Crippen molar-refractivity contribution in [3.05, 3.63) is 28.2 Å². The molecule has 0 radical (unpaired) electrons. The Morgan fingerprint density at radius 2 is 2.26 bits per heavy atom. The number of halogens is 1. The highest BCUT2D eigenvalue weighted by atomic mass is 79.9. The Morgan fingerprint density at radius 3 is 2.89 bits per heavy atom. The molecule has 1 fully saturated rings. The van der Waals surface area contributed by atoms with Gasteiger partial charge in [-0.2, -0.15) is 0 Å². The molecule has 0 amide bonds. The Morgan fingerprint density at radius 1 is 1.53 bits per heavy atom. The molecule has 1 saturated heterocycles. The number of benzene rings is 1. The van der Waals surface area contributed by atoms with Crippen LogP contribution in [0.2, 0.25) is 0 Å². The number of rotatable bonds is 4. The summed E-state index contributed by atoms with van der Waals surface area (Å²) in [4.78, 5) is 15.5. The van der Waals surface area contributed by atoms with E-state index in [1.54, 1.807) is 0 Å². The van der Waals surface area contributed by atoms with E-state index in [2.05, 4.69) is 25.7 Å². The minimum absolute atomic E-state index is 0.241. The molecule has 2 atom stereocenters. The molecule has 19 heavy (non-hydrogen) atoms. The van der Waals surface area contributed by atoms with Crippen molar-refractivity contribution in [3.8, 4) is 0 Å². The quantitative estimate of drug-likeness (QED) is 0.856. The summed E-state index contributed by atoms with van der Waals surface area (Å²) in [7, 11) is 4.04. The van der Waals surface area contributed by atoms with Crippen LogP contribution in [-0.2, 0) is 0 Å². The van der Waals surface area contributed by atoms with E-state index in [0.717, 1.165) is 29.4 Å². The molecule has 1 heterocycles. The number of carbonyl (C=O) groups excluding carboxylic acids is 1. The van der Waals surface area contributed by atoms with Crippen LogP contribution >= 0.6 is 15.9 Å². The van der Waals surface area contributed by atoms with Crippen LogP contribution in [0.5, 0.6) is 0 Å². The number of likely N-dealkylation sites (N-methyl/N-ethyl adjacent to an activating group) is 1. The Labute approximate surface area is 122 Å². The molecule has 1 aromatic rings. The number of hydrogen-bond donors (Lipinski definition) is 1. The highest BCUT2D eigenvalue weighted by Gasteiger charge is 2.32. The fourth-order valence-electron chi connectivity index (χ4n) is 2.66. The molecular formula is C14H19BrN2O2. The Bertz CT molecular complexity index is 465. The molecule has 1 aliphatic heterocycles. The molecule has 2 unspecified atom stereocenters. The highest BCUT2D eigenvalue weighted by Crippen LogP contribution is 2.30. The first-order valence-corrected chi connectivity index (χ1v) is 7.14. The minimum atomic E-state index is -0.326. The summed E-state index contributed by atoms with van der Waals surface area (Å²) in [6.45, 7) is 1.45. The number of aliphatic hydroxyl groups is 1. The van der Waals surface area contributed by atoms with Crippen LogP contribution in [0.25, 0.3) is 0 Å². The van der Waals surface area contributed by atoms with Crippen LogP contribution in [0.4, 0.5) is 5.69 Å². The molecule has 0 bridgehead atoms. The van der Waals surface area contributed by atoms with Gasteiger partial charge in [-0.25, -0.2) is 0 Å². The molecule has 5 heteroatoms. The maximum Gasteiger partial charge on any atom is 0.152 e. The third-order valence-electron chi connectivity index (χ3n) is 3.39. The van der Waals surface area contributed by atoms with Crippen molar-refractivity contribution in [2.45, 2.75) is 18.6 Å². The zero-order valence-corrected chi connectivity index (χ0v) is 12.8. The maximum atomic E-state index is 11.2. The summed E-state index contributed by atoms with van der Waals surface area (Å²) >= 11 is 3.38. The van der Waals surface area contributed by atoms with E-state index in [-0.39, 0.29) is 12.1 Å². The molecule has 4 nitrogen and oxygen atoms in total. The number of hydrogen-bond acceptors (Lipinski definition) is 4. The second kappa shape index (κ2) is 6.03. The van der Waals surface area contributed by atoms with E-state index in [1.165, 1.54) is 0 Å². The SMILES string of the molecule is CN(C)CC1CC(O)CN1c1ccc(Br)cc1C=O. The highest BCUT2D eigenvalue weighted by molar-refractivity contribution is 9.10. The van der Waals surface area contributed by atoms with Gasteiger partial charge in [0.05, 0.1) is 6.10 Å². The molecule has 1 aliphatic rings. The fraction of sp³-hybridized carbons (Fsp3) is 0.500. The number of aliphatic hydroxyl groups excluding tert-OH is 1. The number of aldehydes is 1. The summed E-state index contributed by atoms with van der Waals surface area (Å²) in [6, 6.07) is 5.93. The zero-order valence-electron chi connectivity index (χ0n) is 11.2. The van der Waals surface area contributed by atoms with E-state index in [9.17, 15) is 9.90 Å². The lowest BCUT2D eigenvalue weighted by Crippen LogP contribution is -2.38. The van der Waals surface area contributed by atoms with Gasteiger partial charge in [0.1, 0.15) is 0 Å². The molecule has 2 rings (SSSR count). The topological polar surface area (TPSA) is 43.8 Å². The summed E-state index contributed by atoms with van der Waals surface area (Å²) in [5, 5.41) is 9.90. The van der Waals surface area contributed by atoms with Crippen LogP contribution in [0.1, 0.15) is 16.8 Å². The first-order chi connectivity index (χ1) is 9.01. The van der Waals surface area contributed by atoms with Crippen molar-refractivity contribution >= 4 is 27.9 Å². The van der Waals surface area contributed by atoms with Crippen molar-refractivity contribution in [2.24, 2.45) is 0 Å². The molecule has 1 aromatic carbocycles. The van der Waals surface area contributed by atoms with Crippen LogP contribution in [0, 0.1) is 0 Å². The zero-order chi connectivity index (χ0) is 14.0. The molecule has 1 N–H and O–H groups in total. The minimum Gasteiger partial charge on any atom is -0.391 e. The molecular weight excluding hydrogens is 308 g/mol. The number of β-amino-alcohol motifs (C(OH)–C–C–N with tert-alkyl or cyclic N) is 1. The second-order valence-corrected chi connectivity index (χ2v) is 6.19. The summed E-state index contributed by atoms with van der Waals surface area (Å²) < 4.78 is 0.891. The number of anilines is 1. The van der Waals surface area contributed by atoms with E-state index in [1.807, 2.05) is 32.3 Å². The van der Waals surface area contributed by atoms with Gasteiger partial charge in [0.2, 0.25) is 0 Å². The van der Waals surface area contributed by atoms with Gasteiger partial charge in [-0.15, -0.1) is 0 Å². The van der Waals surface area contributed by atoms with Crippen LogP contribution in [0.15, 0.2) is 22.7 Å². The standard InChI is InChI=1S/C14H19BrN2O2/c1-16(2)7-12-6-13(19)8-17(12)14-4-3-11(15)5-10(14)9-18/h3-5,9,12-13,19H,6-8H2,1-2H3. The number of nitrogens with zero attached hydrogens (tertiary/aromatic N) is 2. The van der Waals surface area contributed by atoms with Crippen molar-refractivity contribution in [1.82, 2.24) is 4.90 Å². The van der Waals surface area contributed by atoms with Crippen LogP contribution in [-0.4, -0.2) is 55.6 Å². The van der Waals surface area contributed by atoms with Gasteiger partial charge in [-0.3, -0.25) is 4.79 Å². The Kier molecular flexibility index (Phi) is 4.60. The third kappa shape index (κ3) is 3.35. The van der Waals surface area contributed by atoms with Crippen molar-refractivity contribution in [1.29, 1.82) is 0 Å².